The quantitative estimate of drug-likeness (QED) is 0.596. The predicted molar refractivity (Wildman–Crippen MR) is 45.6 cm³/mol. The standard InChI is InChI=1S/C8H10N2O2/c1-5-2-7(9)6(8(11)12)4-10-3-5/h2-5H,9H2,1H3,(H,11,12). The average Bonchev–Trinajstić information content (AvgIpc) is 2.10. The second-order valence-corrected chi connectivity index (χ2v) is 2.63. The maximum atomic E-state index is 10.6. The van der Waals surface area contributed by atoms with E-state index in [1.165, 1.54) is 6.20 Å². The van der Waals surface area contributed by atoms with Gasteiger partial charge in [-0.3, -0.25) is 4.99 Å². The number of nitrogens with two attached hydrogens (primary N) is 1. The van der Waals surface area contributed by atoms with Gasteiger partial charge in [-0.15, -0.1) is 0 Å². The van der Waals surface area contributed by atoms with Gasteiger partial charge in [-0.1, -0.05) is 13.0 Å². The van der Waals surface area contributed by atoms with Crippen molar-refractivity contribution in [3.05, 3.63) is 23.5 Å². The predicted octanol–water partition coefficient (Wildman–Crippen LogP) is 0.518. The fraction of sp³-hybridized carbons (Fsp3) is 0.250. The van der Waals surface area contributed by atoms with Crippen LogP contribution in [0.5, 0.6) is 0 Å². The van der Waals surface area contributed by atoms with Crippen LogP contribution in [0, 0.1) is 5.92 Å². The number of rotatable bonds is 1. The Labute approximate surface area is 70.1 Å². The smallest absolute Gasteiger partial charge is 0.339 e. The second kappa shape index (κ2) is 3.21. The Bertz CT molecular complexity index is 289. The van der Waals surface area contributed by atoms with Gasteiger partial charge < -0.3 is 10.8 Å². The van der Waals surface area contributed by atoms with Crippen molar-refractivity contribution < 1.29 is 9.90 Å². The molecule has 0 spiro atoms. The summed E-state index contributed by atoms with van der Waals surface area (Å²) < 4.78 is 0. The van der Waals surface area contributed by atoms with E-state index in [2.05, 4.69) is 4.99 Å². The molecule has 0 saturated carbocycles. The highest BCUT2D eigenvalue weighted by molar-refractivity contribution is 5.92. The van der Waals surface area contributed by atoms with E-state index in [-0.39, 0.29) is 17.2 Å². The Morgan fingerprint density at radius 2 is 2.42 bits per heavy atom. The van der Waals surface area contributed by atoms with Gasteiger partial charge in [0.05, 0.1) is 0 Å². The first-order valence-corrected chi connectivity index (χ1v) is 3.55. The lowest BCUT2D eigenvalue weighted by atomic mass is 10.1. The SMILES string of the molecule is CC1C=NC=C(C(=O)O)C(N)=C1. The van der Waals surface area contributed by atoms with E-state index in [0.717, 1.165) is 0 Å². The number of carboxylic acids is 1. The molecule has 0 aliphatic carbocycles. The molecule has 0 aromatic rings. The van der Waals surface area contributed by atoms with Crippen LogP contribution >= 0.6 is 0 Å². The molecule has 0 aromatic carbocycles. The molecule has 0 radical (unpaired) electrons. The van der Waals surface area contributed by atoms with E-state index in [0.29, 0.717) is 0 Å². The number of hydrogen-bond acceptors (Lipinski definition) is 3. The molecule has 1 rings (SSSR count). The molecule has 4 heteroatoms. The number of carboxylic acid groups (broad SMARTS) is 1. The summed E-state index contributed by atoms with van der Waals surface area (Å²) in [5.74, 6) is -0.965. The van der Waals surface area contributed by atoms with Crippen LogP contribution in [0.4, 0.5) is 0 Å². The molecule has 3 N–H and O–H groups in total. The van der Waals surface area contributed by atoms with Crippen LogP contribution in [0.25, 0.3) is 0 Å². The number of allylic oxidation sites excluding steroid dienone is 1. The Kier molecular flexibility index (Phi) is 2.28. The Balaban J connectivity index is 3.02. The minimum absolute atomic E-state index is 0.0515. The van der Waals surface area contributed by atoms with E-state index < -0.39 is 5.97 Å². The summed E-state index contributed by atoms with van der Waals surface area (Å²) in [7, 11) is 0. The van der Waals surface area contributed by atoms with Gasteiger partial charge >= 0.3 is 5.97 Å². The largest absolute Gasteiger partial charge is 0.478 e. The van der Waals surface area contributed by atoms with Crippen molar-refractivity contribution in [1.29, 1.82) is 0 Å². The van der Waals surface area contributed by atoms with E-state index in [9.17, 15) is 4.79 Å². The molecule has 64 valence electrons. The van der Waals surface area contributed by atoms with Gasteiger partial charge in [0.25, 0.3) is 0 Å². The van der Waals surface area contributed by atoms with Crippen LogP contribution in [-0.2, 0) is 4.79 Å². The second-order valence-electron chi connectivity index (χ2n) is 2.63. The molecule has 0 bridgehead atoms. The van der Waals surface area contributed by atoms with Crippen molar-refractivity contribution in [2.75, 3.05) is 0 Å². The van der Waals surface area contributed by atoms with Crippen molar-refractivity contribution in [1.82, 2.24) is 0 Å². The topological polar surface area (TPSA) is 75.7 Å². The fourth-order valence-electron chi connectivity index (χ4n) is 0.923. The highest BCUT2D eigenvalue weighted by Crippen LogP contribution is 2.11. The molecule has 1 unspecified atom stereocenters. The zero-order valence-corrected chi connectivity index (χ0v) is 6.69. The molecule has 4 nitrogen and oxygen atoms in total. The van der Waals surface area contributed by atoms with Crippen LogP contribution in [0.3, 0.4) is 0 Å². The van der Waals surface area contributed by atoms with Gasteiger partial charge in [-0.25, -0.2) is 4.79 Å². The summed E-state index contributed by atoms with van der Waals surface area (Å²) in [5, 5.41) is 8.66. The minimum atomic E-state index is -1.05. The van der Waals surface area contributed by atoms with Crippen molar-refractivity contribution in [2.45, 2.75) is 6.92 Å². The summed E-state index contributed by atoms with van der Waals surface area (Å²) in [6.07, 6.45) is 4.57. The van der Waals surface area contributed by atoms with Gasteiger partial charge in [-0.2, -0.15) is 0 Å². The molecule has 12 heavy (non-hydrogen) atoms. The minimum Gasteiger partial charge on any atom is -0.478 e. The lowest BCUT2D eigenvalue weighted by molar-refractivity contribution is -0.132. The molecular weight excluding hydrogens is 156 g/mol. The summed E-state index contributed by atoms with van der Waals surface area (Å²) in [5.41, 5.74) is 5.82. The summed E-state index contributed by atoms with van der Waals surface area (Å²) in [6.45, 7) is 1.88. The van der Waals surface area contributed by atoms with E-state index in [4.69, 9.17) is 10.8 Å². The van der Waals surface area contributed by atoms with E-state index in [1.54, 1.807) is 12.3 Å². The van der Waals surface area contributed by atoms with Crippen LogP contribution in [-0.4, -0.2) is 17.3 Å². The molecular formula is C8H10N2O2. The Morgan fingerprint density at radius 1 is 1.75 bits per heavy atom. The normalized spacial score (nSPS) is 22.6. The molecule has 1 heterocycles. The fourth-order valence-corrected chi connectivity index (χ4v) is 0.923. The van der Waals surface area contributed by atoms with Gasteiger partial charge in [0, 0.05) is 24.0 Å². The zero-order valence-electron chi connectivity index (χ0n) is 6.69. The maximum absolute atomic E-state index is 10.6. The Hall–Kier alpha value is -1.58. The third kappa shape index (κ3) is 1.72. The number of carbonyl (C=O) groups is 1. The third-order valence-electron chi connectivity index (χ3n) is 1.51. The number of hydrogen-bond donors (Lipinski definition) is 2. The lowest BCUT2D eigenvalue weighted by Crippen LogP contribution is -2.10. The molecule has 0 saturated heterocycles. The van der Waals surface area contributed by atoms with Crippen LogP contribution in [0.15, 0.2) is 28.5 Å². The average molecular weight is 166 g/mol. The number of aliphatic imine (C=N–C) groups is 1. The third-order valence-corrected chi connectivity index (χ3v) is 1.51. The molecule has 1 aliphatic heterocycles. The highest BCUT2D eigenvalue weighted by atomic mass is 16.4. The first-order chi connectivity index (χ1) is 5.61. The van der Waals surface area contributed by atoms with Gasteiger partial charge in [0.15, 0.2) is 0 Å². The molecule has 1 atom stereocenters. The summed E-state index contributed by atoms with van der Waals surface area (Å²) >= 11 is 0. The van der Waals surface area contributed by atoms with E-state index >= 15 is 0 Å². The van der Waals surface area contributed by atoms with E-state index in [1.807, 2.05) is 6.92 Å². The highest BCUT2D eigenvalue weighted by Gasteiger charge is 2.12. The first kappa shape index (κ1) is 8.52. The molecule has 0 amide bonds. The van der Waals surface area contributed by atoms with Crippen molar-refractivity contribution in [2.24, 2.45) is 16.6 Å². The number of aliphatic carboxylic acids is 1. The number of nitrogens with zero attached hydrogens (tertiary/aromatic N) is 1. The zero-order chi connectivity index (χ0) is 9.14. The molecule has 1 aliphatic rings. The monoisotopic (exact) mass is 166 g/mol. The summed E-state index contributed by atoms with van der Waals surface area (Å²) in [6, 6.07) is 0. The van der Waals surface area contributed by atoms with Crippen molar-refractivity contribution >= 4 is 12.2 Å². The summed E-state index contributed by atoms with van der Waals surface area (Å²) in [4.78, 5) is 14.4. The van der Waals surface area contributed by atoms with Crippen LogP contribution in [0.2, 0.25) is 0 Å². The lowest BCUT2D eigenvalue weighted by Gasteiger charge is -2.00. The van der Waals surface area contributed by atoms with Gasteiger partial charge in [0.1, 0.15) is 5.57 Å². The van der Waals surface area contributed by atoms with Crippen LogP contribution < -0.4 is 5.73 Å². The Morgan fingerprint density at radius 3 is 3.00 bits per heavy atom. The van der Waals surface area contributed by atoms with Crippen molar-refractivity contribution in [3.63, 3.8) is 0 Å². The maximum Gasteiger partial charge on any atom is 0.339 e. The van der Waals surface area contributed by atoms with Gasteiger partial charge in [-0.05, 0) is 0 Å². The van der Waals surface area contributed by atoms with Crippen LogP contribution in [0.1, 0.15) is 6.92 Å². The van der Waals surface area contributed by atoms with Crippen molar-refractivity contribution in [3.8, 4) is 0 Å². The first-order valence-electron chi connectivity index (χ1n) is 3.55. The van der Waals surface area contributed by atoms with Gasteiger partial charge in [0.2, 0.25) is 0 Å². The molecule has 0 aromatic heterocycles. The molecule has 0 fully saturated rings.